The van der Waals surface area contributed by atoms with E-state index in [-0.39, 0.29) is 29.6 Å². The van der Waals surface area contributed by atoms with E-state index in [0.717, 1.165) is 11.3 Å². The van der Waals surface area contributed by atoms with Crippen molar-refractivity contribution >= 4 is 17.5 Å². The molecule has 0 unspecified atom stereocenters. The van der Waals surface area contributed by atoms with Crippen LogP contribution in [0.2, 0.25) is 5.02 Å². The van der Waals surface area contributed by atoms with Gasteiger partial charge in [-0.05, 0) is 44.2 Å². The minimum Gasteiger partial charge on any atom is -0.493 e. The summed E-state index contributed by atoms with van der Waals surface area (Å²) < 4.78 is 30.4. The molecule has 0 spiro atoms. The number of aryl methyl sites for hydroxylation is 2. The summed E-state index contributed by atoms with van der Waals surface area (Å²) >= 11 is 6.07. The van der Waals surface area contributed by atoms with Crippen LogP contribution in [0.5, 0.6) is 11.5 Å². The van der Waals surface area contributed by atoms with Crippen LogP contribution in [-0.4, -0.2) is 30.1 Å². The van der Waals surface area contributed by atoms with Crippen LogP contribution in [0.25, 0.3) is 0 Å². The Hall–Kier alpha value is -3.06. The van der Waals surface area contributed by atoms with Gasteiger partial charge in [-0.3, -0.25) is 4.79 Å². The molecule has 3 rings (SSSR count). The number of hydrogen-bond acceptors (Lipinski definition) is 5. The average molecular weight is 433 g/mol. The number of benzene rings is 2. The van der Waals surface area contributed by atoms with Gasteiger partial charge >= 0.3 is 0 Å². The van der Waals surface area contributed by atoms with E-state index < -0.39 is 5.82 Å². The molecule has 3 aromatic rings. The Bertz CT molecular complexity index is 1030. The predicted molar refractivity (Wildman–Crippen MR) is 111 cm³/mol. The molecule has 30 heavy (non-hydrogen) atoms. The summed E-state index contributed by atoms with van der Waals surface area (Å²) in [4.78, 5) is 14.2. The summed E-state index contributed by atoms with van der Waals surface area (Å²) in [5, 5.41) is 4.18. The highest BCUT2D eigenvalue weighted by atomic mass is 35.5. The second-order valence-electron chi connectivity index (χ2n) is 6.82. The van der Waals surface area contributed by atoms with E-state index in [0.29, 0.717) is 22.8 Å². The minimum absolute atomic E-state index is 0.0386. The first-order chi connectivity index (χ1) is 14.3. The number of methoxy groups -OCH3 is 1. The molecule has 0 atom stereocenters. The second kappa shape index (κ2) is 9.17. The smallest absolute Gasteiger partial charge is 0.254 e. The number of rotatable bonds is 7. The first-order valence-corrected chi connectivity index (χ1v) is 9.60. The van der Waals surface area contributed by atoms with Gasteiger partial charge in [0, 0.05) is 29.7 Å². The Morgan fingerprint density at radius 1 is 1.20 bits per heavy atom. The Labute approximate surface area is 179 Å². The molecule has 2 aromatic carbocycles. The van der Waals surface area contributed by atoms with Crippen molar-refractivity contribution in [1.82, 2.24) is 10.1 Å². The quantitative estimate of drug-likeness (QED) is 0.529. The first kappa shape index (κ1) is 21.6. The average Bonchev–Trinajstić information content (AvgIpc) is 3.05. The molecule has 0 aliphatic rings. The number of carbonyl (C=O) groups is 1. The zero-order chi connectivity index (χ0) is 21.8. The van der Waals surface area contributed by atoms with Gasteiger partial charge in [0.25, 0.3) is 5.91 Å². The Kier molecular flexibility index (Phi) is 6.62. The van der Waals surface area contributed by atoms with Gasteiger partial charge < -0.3 is 18.9 Å². The summed E-state index contributed by atoms with van der Waals surface area (Å²) in [5.41, 5.74) is 2.26. The number of halogens is 2. The van der Waals surface area contributed by atoms with Crippen LogP contribution < -0.4 is 9.47 Å². The lowest BCUT2D eigenvalue weighted by atomic mass is 10.1. The Balaban J connectivity index is 1.75. The van der Waals surface area contributed by atoms with Crippen molar-refractivity contribution in [2.24, 2.45) is 0 Å². The van der Waals surface area contributed by atoms with Gasteiger partial charge in [0.2, 0.25) is 0 Å². The lowest BCUT2D eigenvalue weighted by Gasteiger charge is -2.19. The summed E-state index contributed by atoms with van der Waals surface area (Å²) in [6.07, 6.45) is 0. The van der Waals surface area contributed by atoms with Gasteiger partial charge in [-0.1, -0.05) is 22.8 Å². The predicted octanol–water partition coefficient (Wildman–Crippen LogP) is 4.94. The maximum atomic E-state index is 14.0. The summed E-state index contributed by atoms with van der Waals surface area (Å²) in [6.45, 7) is 3.95. The van der Waals surface area contributed by atoms with E-state index in [1.165, 1.54) is 24.1 Å². The molecule has 8 heteroatoms. The molecular formula is C22H22ClFN2O4. The van der Waals surface area contributed by atoms with Crippen LogP contribution in [0, 0.1) is 19.7 Å². The lowest BCUT2D eigenvalue weighted by molar-refractivity contribution is 0.0783. The molecule has 0 N–H and O–H groups in total. The number of carbonyl (C=O) groups excluding carboxylic acids is 1. The molecule has 158 valence electrons. The van der Waals surface area contributed by atoms with Crippen LogP contribution >= 0.6 is 11.6 Å². The van der Waals surface area contributed by atoms with Crippen molar-refractivity contribution in [2.45, 2.75) is 27.0 Å². The van der Waals surface area contributed by atoms with Crippen LogP contribution in [0.1, 0.15) is 32.9 Å². The normalized spacial score (nSPS) is 10.7. The molecule has 1 amide bonds. The van der Waals surface area contributed by atoms with Crippen molar-refractivity contribution in [3.63, 3.8) is 0 Å². The third kappa shape index (κ3) is 4.57. The minimum atomic E-state index is -0.456. The molecule has 0 fully saturated rings. The number of ether oxygens (including phenoxy) is 2. The SMILES string of the molecule is COc1cc(C(=O)N(C)Cc2c(F)cccc2Cl)ccc1OCc1c(C)noc1C. The van der Waals surface area contributed by atoms with Crippen molar-refractivity contribution in [2.75, 3.05) is 14.2 Å². The van der Waals surface area contributed by atoms with Crippen LogP contribution in [0.3, 0.4) is 0 Å². The maximum Gasteiger partial charge on any atom is 0.254 e. The second-order valence-corrected chi connectivity index (χ2v) is 7.23. The largest absolute Gasteiger partial charge is 0.493 e. The van der Waals surface area contributed by atoms with Crippen molar-refractivity contribution in [3.8, 4) is 11.5 Å². The maximum absolute atomic E-state index is 14.0. The number of nitrogens with zero attached hydrogens (tertiary/aromatic N) is 2. The van der Waals surface area contributed by atoms with E-state index in [9.17, 15) is 9.18 Å². The Morgan fingerprint density at radius 2 is 1.97 bits per heavy atom. The summed E-state index contributed by atoms with van der Waals surface area (Å²) in [6, 6.07) is 9.31. The highest BCUT2D eigenvalue weighted by Crippen LogP contribution is 2.30. The van der Waals surface area contributed by atoms with Crippen LogP contribution in [0.4, 0.5) is 4.39 Å². The lowest BCUT2D eigenvalue weighted by Crippen LogP contribution is -2.26. The molecule has 0 bridgehead atoms. The molecule has 0 saturated carbocycles. The van der Waals surface area contributed by atoms with Gasteiger partial charge in [0.05, 0.1) is 18.4 Å². The highest BCUT2D eigenvalue weighted by Gasteiger charge is 2.18. The van der Waals surface area contributed by atoms with E-state index in [4.69, 9.17) is 25.6 Å². The van der Waals surface area contributed by atoms with E-state index in [1.807, 2.05) is 13.8 Å². The molecule has 0 radical (unpaired) electrons. The molecule has 0 aliphatic heterocycles. The number of amides is 1. The van der Waals surface area contributed by atoms with Crippen LogP contribution in [0.15, 0.2) is 40.9 Å². The Morgan fingerprint density at radius 3 is 2.60 bits per heavy atom. The molecule has 6 nitrogen and oxygen atoms in total. The van der Waals surface area contributed by atoms with Gasteiger partial charge in [-0.15, -0.1) is 0 Å². The molecular weight excluding hydrogens is 411 g/mol. The zero-order valence-electron chi connectivity index (χ0n) is 17.2. The van der Waals surface area contributed by atoms with Crippen molar-refractivity contribution < 1.29 is 23.2 Å². The van der Waals surface area contributed by atoms with Gasteiger partial charge in [-0.25, -0.2) is 4.39 Å². The third-order valence-electron chi connectivity index (χ3n) is 4.77. The fourth-order valence-electron chi connectivity index (χ4n) is 2.99. The van der Waals surface area contributed by atoms with Crippen molar-refractivity contribution in [3.05, 3.63) is 75.4 Å². The topological polar surface area (TPSA) is 64.8 Å². The fourth-order valence-corrected chi connectivity index (χ4v) is 3.21. The molecule has 1 heterocycles. The van der Waals surface area contributed by atoms with E-state index >= 15 is 0 Å². The summed E-state index contributed by atoms with van der Waals surface area (Å²) in [7, 11) is 3.08. The van der Waals surface area contributed by atoms with Crippen LogP contribution in [-0.2, 0) is 13.2 Å². The monoisotopic (exact) mass is 432 g/mol. The molecule has 0 saturated heterocycles. The third-order valence-corrected chi connectivity index (χ3v) is 5.12. The van der Waals surface area contributed by atoms with Gasteiger partial charge in [0.15, 0.2) is 11.5 Å². The van der Waals surface area contributed by atoms with E-state index in [1.54, 1.807) is 31.3 Å². The standard InChI is InChI=1S/C22H22ClFN2O4/c1-13-17(14(2)30-25-13)12-29-20-9-8-15(10-21(20)28-4)22(27)26(3)11-16-18(23)6-5-7-19(16)24/h5-10H,11-12H2,1-4H3. The highest BCUT2D eigenvalue weighted by molar-refractivity contribution is 6.31. The molecule has 1 aromatic heterocycles. The summed E-state index contributed by atoms with van der Waals surface area (Å²) in [5.74, 6) is 0.818. The first-order valence-electron chi connectivity index (χ1n) is 9.22. The number of aromatic nitrogens is 1. The van der Waals surface area contributed by atoms with E-state index in [2.05, 4.69) is 5.16 Å². The zero-order valence-corrected chi connectivity index (χ0v) is 17.9. The van der Waals surface area contributed by atoms with Gasteiger partial charge in [-0.2, -0.15) is 0 Å². The van der Waals surface area contributed by atoms with Gasteiger partial charge in [0.1, 0.15) is 18.2 Å². The molecule has 0 aliphatic carbocycles. The fraction of sp³-hybridized carbons (Fsp3) is 0.273. The van der Waals surface area contributed by atoms with Crippen molar-refractivity contribution in [1.29, 1.82) is 0 Å². The number of hydrogen-bond donors (Lipinski definition) is 0.